The highest BCUT2D eigenvalue weighted by molar-refractivity contribution is 9.10. The minimum Gasteiger partial charge on any atom is -0.423 e. The number of benzene rings is 1. The third-order valence-corrected chi connectivity index (χ3v) is 2.04. The van der Waals surface area contributed by atoms with Gasteiger partial charge in [0.15, 0.2) is 0 Å². The lowest BCUT2D eigenvalue weighted by Gasteiger charge is -2.04. The fraction of sp³-hybridized carbons (Fsp3) is 0. The molecule has 0 aromatic heterocycles. The van der Waals surface area contributed by atoms with Crippen molar-refractivity contribution in [3.05, 3.63) is 34.8 Å². The van der Waals surface area contributed by atoms with E-state index in [2.05, 4.69) is 22.5 Å². The Morgan fingerprint density at radius 1 is 1.42 bits per heavy atom. The third-order valence-electron chi connectivity index (χ3n) is 1.55. The fourth-order valence-corrected chi connectivity index (χ4v) is 1.33. The van der Waals surface area contributed by atoms with Gasteiger partial charge in [0.1, 0.15) is 0 Å². The Morgan fingerprint density at radius 2 is 2.08 bits per heavy atom. The van der Waals surface area contributed by atoms with Gasteiger partial charge in [-0.1, -0.05) is 34.7 Å². The van der Waals surface area contributed by atoms with E-state index in [0.29, 0.717) is 5.46 Å². The van der Waals surface area contributed by atoms with Gasteiger partial charge in [-0.2, -0.15) is 0 Å². The minimum atomic E-state index is -1.45. The highest BCUT2D eigenvalue weighted by atomic mass is 79.9. The Bertz CT molecular complexity index is 299. The van der Waals surface area contributed by atoms with Crippen LogP contribution in [-0.4, -0.2) is 17.2 Å². The largest absolute Gasteiger partial charge is 0.489 e. The highest BCUT2D eigenvalue weighted by Gasteiger charge is 2.14. The lowest BCUT2D eigenvalue weighted by Crippen LogP contribution is -2.31. The van der Waals surface area contributed by atoms with Crippen LogP contribution in [0, 0.1) is 0 Å². The molecule has 0 aliphatic heterocycles. The van der Waals surface area contributed by atoms with Crippen molar-refractivity contribution in [3.8, 4) is 0 Å². The number of halogens is 1. The van der Waals surface area contributed by atoms with Gasteiger partial charge in [0.2, 0.25) is 0 Å². The SMILES string of the molecule is C=Cc1ccc(Br)cc1B(O)O. The Hall–Kier alpha value is -0.575. The summed E-state index contributed by atoms with van der Waals surface area (Å²) < 4.78 is 0.816. The maximum absolute atomic E-state index is 8.95. The summed E-state index contributed by atoms with van der Waals surface area (Å²) >= 11 is 3.24. The van der Waals surface area contributed by atoms with Crippen molar-refractivity contribution in [2.24, 2.45) is 0 Å². The Morgan fingerprint density at radius 3 is 2.58 bits per heavy atom. The predicted octanol–water partition coefficient (Wildman–Crippen LogP) is 0.772. The van der Waals surface area contributed by atoms with Gasteiger partial charge in [-0.25, -0.2) is 0 Å². The molecule has 0 unspecified atom stereocenters. The molecule has 0 aliphatic carbocycles. The summed E-state index contributed by atoms with van der Waals surface area (Å²) in [6.45, 7) is 3.57. The topological polar surface area (TPSA) is 40.5 Å². The molecule has 0 spiro atoms. The summed E-state index contributed by atoms with van der Waals surface area (Å²) in [4.78, 5) is 0. The van der Waals surface area contributed by atoms with E-state index >= 15 is 0 Å². The van der Waals surface area contributed by atoms with Crippen LogP contribution in [0.25, 0.3) is 6.08 Å². The molecule has 0 saturated heterocycles. The van der Waals surface area contributed by atoms with E-state index in [-0.39, 0.29) is 0 Å². The first-order valence-electron chi connectivity index (χ1n) is 3.43. The Balaban J connectivity index is 3.21. The normalized spacial score (nSPS) is 9.58. The Labute approximate surface area is 79.8 Å². The molecule has 1 rings (SSSR count). The second-order valence-electron chi connectivity index (χ2n) is 2.35. The van der Waals surface area contributed by atoms with E-state index in [0.717, 1.165) is 10.0 Å². The first-order valence-corrected chi connectivity index (χ1v) is 4.22. The zero-order valence-corrected chi connectivity index (χ0v) is 7.95. The number of hydrogen-bond acceptors (Lipinski definition) is 2. The van der Waals surface area contributed by atoms with E-state index in [1.165, 1.54) is 0 Å². The molecular weight excluding hydrogens is 219 g/mol. The monoisotopic (exact) mass is 226 g/mol. The van der Waals surface area contributed by atoms with Crippen LogP contribution in [0.15, 0.2) is 29.3 Å². The molecule has 62 valence electrons. The van der Waals surface area contributed by atoms with Crippen LogP contribution in [0.1, 0.15) is 5.56 Å². The average Bonchev–Trinajstić information content (AvgIpc) is 2.04. The van der Waals surface area contributed by atoms with Crippen LogP contribution in [0.2, 0.25) is 0 Å². The van der Waals surface area contributed by atoms with Crippen molar-refractivity contribution in [1.29, 1.82) is 0 Å². The lowest BCUT2D eigenvalue weighted by molar-refractivity contribution is 0.425. The van der Waals surface area contributed by atoms with Gasteiger partial charge in [-0.05, 0) is 23.2 Å². The molecule has 1 aromatic carbocycles. The highest BCUT2D eigenvalue weighted by Crippen LogP contribution is 2.09. The summed E-state index contributed by atoms with van der Waals surface area (Å²) in [6, 6.07) is 5.25. The second kappa shape index (κ2) is 3.89. The molecule has 0 aliphatic rings. The van der Waals surface area contributed by atoms with Crippen LogP contribution in [0.5, 0.6) is 0 Å². The van der Waals surface area contributed by atoms with Gasteiger partial charge in [0, 0.05) is 4.47 Å². The molecule has 2 N–H and O–H groups in total. The molecule has 1 aromatic rings. The van der Waals surface area contributed by atoms with Crippen molar-refractivity contribution in [2.45, 2.75) is 0 Å². The van der Waals surface area contributed by atoms with Gasteiger partial charge >= 0.3 is 7.12 Å². The third kappa shape index (κ3) is 1.97. The molecule has 2 nitrogen and oxygen atoms in total. The number of hydrogen-bond donors (Lipinski definition) is 2. The molecule has 0 bridgehead atoms. The lowest BCUT2D eigenvalue weighted by atomic mass is 9.77. The molecule has 4 heteroatoms. The summed E-state index contributed by atoms with van der Waals surface area (Å²) in [5.41, 5.74) is 1.19. The first-order chi connectivity index (χ1) is 5.65. The molecule has 0 saturated carbocycles. The molecule has 0 radical (unpaired) electrons. The molecule has 0 heterocycles. The zero-order valence-electron chi connectivity index (χ0n) is 6.37. The zero-order chi connectivity index (χ0) is 9.14. The van der Waals surface area contributed by atoms with E-state index < -0.39 is 7.12 Å². The number of rotatable bonds is 2. The van der Waals surface area contributed by atoms with Gasteiger partial charge in [0.25, 0.3) is 0 Å². The van der Waals surface area contributed by atoms with E-state index in [1.54, 1.807) is 18.2 Å². The van der Waals surface area contributed by atoms with Crippen LogP contribution >= 0.6 is 15.9 Å². The average molecular weight is 227 g/mol. The smallest absolute Gasteiger partial charge is 0.423 e. The predicted molar refractivity (Wildman–Crippen MR) is 54.1 cm³/mol. The first kappa shape index (κ1) is 9.51. The summed E-state index contributed by atoms with van der Waals surface area (Å²) in [6.07, 6.45) is 1.58. The summed E-state index contributed by atoms with van der Waals surface area (Å²) in [5.74, 6) is 0. The molecule has 12 heavy (non-hydrogen) atoms. The van der Waals surface area contributed by atoms with Crippen molar-refractivity contribution >= 4 is 34.6 Å². The van der Waals surface area contributed by atoms with Gasteiger partial charge in [0.05, 0.1) is 0 Å². The van der Waals surface area contributed by atoms with Crippen LogP contribution in [0.3, 0.4) is 0 Å². The molecular formula is C8H8BBrO2. The van der Waals surface area contributed by atoms with Crippen molar-refractivity contribution in [2.75, 3.05) is 0 Å². The van der Waals surface area contributed by atoms with E-state index in [9.17, 15) is 0 Å². The van der Waals surface area contributed by atoms with Gasteiger partial charge in [-0.15, -0.1) is 0 Å². The molecule has 0 atom stereocenters. The van der Waals surface area contributed by atoms with E-state index in [1.807, 2.05) is 6.07 Å². The second-order valence-corrected chi connectivity index (χ2v) is 3.27. The Kier molecular flexibility index (Phi) is 3.09. The van der Waals surface area contributed by atoms with Gasteiger partial charge < -0.3 is 10.0 Å². The maximum atomic E-state index is 8.95. The van der Waals surface area contributed by atoms with Crippen LogP contribution in [0.4, 0.5) is 0 Å². The quantitative estimate of drug-likeness (QED) is 0.732. The van der Waals surface area contributed by atoms with Gasteiger partial charge in [-0.3, -0.25) is 0 Å². The van der Waals surface area contributed by atoms with Crippen LogP contribution < -0.4 is 5.46 Å². The van der Waals surface area contributed by atoms with Crippen molar-refractivity contribution in [3.63, 3.8) is 0 Å². The standard InChI is InChI=1S/C8H8BBrO2/c1-2-6-3-4-7(10)5-8(6)9(11)12/h2-5,11-12H,1H2. The van der Waals surface area contributed by atoms with Crippen molar-refractivity contribution < 1.29 is 10.0 Å². The van der Waals surface area contributed by atoms with Crippen LogP contribution in [-0.2, 0) is 0 Å². The molecule has 0 fully saturated rings. The maximum Gasteiger partial charge on any atom is 0.489 e. The molecule has 0 amide bonds. The summed E-state index contributed by atoms with van der Waals surface area (Å²) in [7, 11) is -1.45. The fourth-order valence-electron chi connectivity index (χ4n) is 0.955. The summed E-state index contributed by atoms with van der Waals surface area (Å²) in [5, 5.41) is 17.9. The van der Waals surface area contributed by atoms with E-state index in [4.69, 9.17) is 10.0 Å². The van der Waals surface area contributed by atoms with Crippen molar-refractivity contribution in [1.82, 2.24) is 0 Å². The minimum absolute atomic E-state index is 0.458.